The summed E-state index contributed by atoms with van der Waals surface area (Å²) in [5.74, 6) is 1.23. The fourth-order valence-corrected chi connectivity index (χ4v) is 4.29. The average Bonchev–Trinajstić information content (AvgIpc) is 3.15. The number of thioether (sulfide) groups is 1. The maximum absolute atomic E-state index is 13.1. The fourth-order valence-electron chi connectivity index (χ4n) is 2.70. The number of aromatic nitrogens is 2. The summed E-state index contributed by atoms with van der Waals surface area (Å²) in [5, 5.41) is 5.23. The van der Waals surface area contributed by atoms with Crippen LogP contribution in [0.5, 0.6) is 5.75 Å². The second-order valence-electron chi connectivity index (χ2n) is 6.66. The van der Waals surface area contributed by atoms with Crippen molar-refractivity contribution in [2.75, 3.05) is 19.4 Å². The van der Waals surface area contributed by atoms with Gasteiger partial charge in [0, 0.05) is 6.54 Å². The number of nitrogens with zero attached hydrogens (tertiary/aromatic N) is 2. The molecular weight excluding hydrogens is 394 g/mol. The minimum Gasteiger partial charge on any atom is -0.495 e. The number of carbonyl (C=O) groups is 1. The molecule has 1 N–H and O–H groups in total. The third kappa shape index (κ3) is 4.56. The van der Waals surface area contributed by atoms with Crippen molar-refractivity contribution in [3.05, 3.63) is 46.1 Å². The molecule has 0 saturated carbocycles. The van der Waals surface area contributed by atoms with Crippen molar-refractivity contribution in [3.63, 3.8) is 0 Å². The first-order valence-electron chi connectivity index (χ1n) is 9.04. The van der Waals surface area contributed by atoms with Crippen LogP contribution in [0.3, 0.4) is 0 Å². The van der Waals surface area contributed by atoms with Crippen LogP contribution in [-0.2, 0) is 4.79 Å². The number of para-hydroxylation sites is 2. The van der Waals surface area contributed by atoms with Gasteiger partial charge in [-0.25, -0.2) is 4.98 Å². The van der Waals surface area contributed by atoms with E-state index in [1.54, 1.807) is 13.2 Å². The van der Waals surface area contributed by atoms with Crippen molar-refractivity contribution >= 4 is 39.2 Å². The Labute approximate surface area is 171 Å². The Balaban J connectivity index is 1.93. The zero-order chi connectivity index (χ0) is 20.1. The molecule has 1 amide bonds. The molecule has 0 aliphatic carbocycles. The number of carbonyl (C=O) groups excluding carboxylic acids is 1. The van der Waals surface area contributed by atoms with E-state index in [1.807, 2.05) is 29.6 Å². The maximum atomic E-state index is 13.1. The highest BCUT2D eigenvalue weighted by Crippen LogP contribution is 2.28. The average molecular weight is 418 g/mol. The molecule has 148 valence electrons. The molecule has 0 aliphatic rings. The topological polar surface area (TPSA) is 73.2 Å². The Kier molecular flexibility index (Phi) is 6.74. The molecule has 0 saturated heterocycles. The molecule has 0 radical (unpaired) electrons. The number of nitrogens with one attached hydrogen (secondary N) is 1. The van der Waals surface area contributed by atoms with Gasteiger partial charge in [-0.3, -0.25) is 14.2 Å². The molecule has 2 heterocycles. The molecule has 6 nitrogen and oxygen atoms in total. The summed E-state index contributed by atoms with van der Waals surface area (Å²) in [6.07, 6.45) is 0.932. The molecule has 8 heteroatoms. The minimum absolute atomic E-state index is 0.0723. The molecule has 0 fully saturated rings. The molecule has 3 aromatic rings. The van der Waals surface area contributed by atoms with E-state index in [1.165, 1.54) is 27.7 Å². The van der Waals surface area contributed by atoms with Crippen molar-refractivity contribution < 1.29 is 9.53 Å². The van der Waals surface area contributed by atoms with Gasteiger partial charge in [-0.05, 0) is 35.9 Å². The predicted molar refractivity (Wildman–Crippen MR) is 115 cm³/mol. The van der Waals surface area contributed by atoms with Crippen molar-refractivity contribution in [1.29, 1.82) is 0 Å². The zero-order valence-corrected chi connectivity index (χ0v) is 17.7. The first-order chi connectivity index (χ1) is 13.5. The van der Waals surface area contributed by atoms with Crippen LogP contribution in [0.2, 0.25) is 0 Å². The fraction of sp³-hybridized carbons (Fsp3) is 0.350. The Morgan fingerprint density at radius 2 is 2.11 bits per heavy atom. The maximum Gasteiger partial charge on any atom is 0.276 e. The van der Waals surface area contributed by atoms with E-state index < -0.39 is 0 Å². The molecule has 0 atom stereocenters. The number of methoxy groups -OCH3 is 1. The van der Waals surface area contributed by atoms with E-state index in [-0.39, 0.29) is 17.2 Å². The second kappa shape index (κ2) is 9.25. The smallest absolute Gasteiger partial charge is 0.276 e. The highest BCUT2D eigenvalue weighted by molar-refractivity contribution is 7.99. The van der Waals surface area contributed by atoms with Gasteiger partial charge in [-0.2, -0.15) is 0 Å². The van der Waals surface area contributed by atoms with Crippen LogP contribution in [0.1, 0.15) is 20.3 Å². The minimum atomic E-state index is -0.160. The monoisotopic (exact) mass is 417 g/mol. The number of hydrogen-bond donors (Lipinski definition) is 1. The highest BCUT2D eigenvalue weighted by atomic mass is 32.2. The molecule has 2 aromatic heterocycles. The lowest BCUT2D eigenvalue weighted by molar-refractivity contribution is -0.118. The summed E-state index contributed by atoms with van der Waals surface area (Å²) in [6.45, 7) is 4.88. The van der Waals surface area contributed by atoms with E-state index in [0.717, 1.165) is 6.42 Å². The van der Waals surface area contributed by atoms with Gasteiger partial charge in [0.15, 0.2) is 5.16 Å². The summed E-state index contributed by atoms with van der Waals surface area (Å²) < 4.78 is 7.54. The van der Waals surface area contributed by atoms with Gasteiger partial charge < -0.3 is 10.1 Å². The summed E-state index contributed by atoms with van der Waals surface area (Å²) in [5.41, 5.74) is 1.09. The van der Waals surface area contributed by atoms with E-state index in [9.17, 15) is 9.59 Å². The molecule has 0 bridgehead atoms. The van der Waals surface area contributed by atoms with Crippen LogP contribution in [0, 0.1) is 5.92 Å². The Hall–Kier alpha value is -2.32. The first kappa shape index (κ1) is 20.4. The van der Waals surface area contributed by atoms with Crippen LogP contribution in [0.4, 0.5) is 0 Å². The van der Waals surface area contributed by atoms with E-state index in [2.05, 4.69) is 24.1 Å². The molecule has 0 aliphatic heterocycles. The SMILES string of the molecule is COc1ccccc1-n1c(SCC(=O)NCCC(C)C)nc2ccsc2c1=O. The second-order valence-corrected chi connectivity index (χ2v) is 8.52. The van der Waals surface area contributed by atoms with Crippen molar-refractivity contribution in [3.8, 4) is 11.4 Å². The third-order valence-corrected chi connectivity index (χ3v) is 5.98. The molecule has 0 unspecified atom stereocenters. The molecule has 0 spiro atoms. The van der Waals surface area contributed by atoms with Crippen LogP contribution >= 0.6 is 23.1 Å². The Bertz CT molecular complexity index is 1030. The lowest BCUT2D eigenvalue weighted by Gasteiger charge is -2.15. The normalized spacial score (nSPS) is 11.1. The third-order valence-electron chi connectivity index (χ3n) is 4.15. The molecule has 1 aromatic carbocycles. The van der Waals surface area contributed by atoms with E-state index >= 15 is 0 Å². The van der Waals surface area contributed by atoms with Gasteiger partial charge in [0.2, 0.25) is 5.91 Å². The lowest BCUT2D eigenvalue weighted by atomic mass is 10.1. The number of rotatable bonds is 8. The van der Waals surface area contributed by atoms with Crippen LogP contribution in [0.25, 0.3) is 15.9 Å². The number of ether oxygens (including phenoxy) is 1. The van der Waals surface area contributed by atoms with Crippen molar-refractivity contribution in [1.82, 2.24) is 14.9 Å². The quantitative estimate of drug-likeness (QED) is 0.447. The van der Waals surface area contributed by atoms with Crippen molar-refractivity contribution in [2.45, 2.75) is 25.4 Å². The lowest BCUT2D eigenvalue weighted by Crippen LogP contribution is -2.28. The van der Waals surface area contributed by atoms with Gasteiger partial charge in [0.1, 0.15) is 10.4 Å². The van der Waals surface area contributed by atoms with Gasteiger partial charge in [-0.1, -0.05) is 37.7 Å². The zero-order valence-electron chi connectivity index (χ0n) is 16.1. The summed E-state index contributed by atoms with van der Waals surface area (Å²) in [4.78, 5) is 30.0. The van der Waals surface area contributed by atoms with Gasteiger partial charge in [0.25, 0.3) is 5.56 Å². The summed E-state index contributed by atoms with van der Waals surface area (Å²) in [6, 6.07) is 9.12. The van der Waals surface area contributed by atoms with Crippen molar-refractivity contribution in [2.24, 2.45) is 5.92 Å². The van der Waals surface area contributed by atoms with Gasteiger partial charge in [0.05, 0.1) is 24.1 Å². The van der Waals surface area contributed by atoms with E-state index in [4.69, 9.17) is 4.74 Å². The standard InChI is InChI=1S/C20H23N3O3S2/c1-13(2)8-10-21-17(24)12-28-20-22-14-9-11-27-18(14)19(25)23(20)15-6-4-5-7-16(15)26-3/h4-7,9,11,13H,8,10,12H2,1-3H3,(H,21,24). The largest absolute Gasteiger partial charge is 0.495 e. The number of hydrogen-bond acceptors (Lipinski definition) is 6. The van der Waals surface area contributed by atoms with Gasteiger partial charge >= 0.3 is 0 Å². The van der Waals surface area contributed by atoms with Crippen LogP contribution in [0.15, 0.2) is 45.7 Å². The molecular formula is C20H23N3O3S2. The highest BCUT2D eigenvalue weighted by Gasteiger charge is 2.18. The summed E-state index contributed by atoms with van der Waals surface area (Å²) in [7, 11) is 1.57. The first-order valence-corrected chi connectivity index (χ1v) is 10.9. The molecule has 28 heavy (non-hydrogen) atoms. The van der Waals surface area contributed by atoms with Gasteiger partial charge in [-0.15, -0.1) is 11.3 Å². The molecule has 3 rings (SSSR count). The number of fused-ring (bicyclic) bond motifs is 1. The number of benzene rings is 1. The van der Waals surface area contributed by atoms with Crippen LogP contribution < -0.4 is 15.6 Å². The number of thiophene rings is 1. The summed E-state index contributed by atoms with van der Waals surface area (Å²) >= 11 is 2.61. The van der Waals surface area contributed by atoms with E-state index in [0.29, 0.717) is 39.3 Å². The predicted octanol–water partition coefficient (Wildman–Crippen LogP) is 3.71. The Morgan fingerprint density at radius 1 is 1.32 bits per heavy atom. The Morgan fingerprint density at radius 3 is 2.86 bits per heavy atom. The van der Waals surface area contributed by atoms with Crippen LogP contribution in [-0.4, -0.2) is 34.9 Å². The number of amides is 1.